The number of ether oxygens (including phenoxy) is 1. The second kappa shape index (κ2) is 7.87. The Labute approximate surface area is 171 Å². The highest BCUT2D eigenvalue weighted by Crippen LogP contribution is 2.36. The molecule has 0 unspecified atom stereocenters. The van der Waals surface area contributed by atoms with Crippen molar-refractivity contribution < 1.29 is 9.53 Å². The number of rotatable bonds is 5. The van der Waals surface area contributed by atoms with Crippen molar-refractivity contribution in [3.05, 3.63) is 48.3 Å². The molecule has 0 spiro atoms. The topological polar surface area (TPSA) is 70.2 Å². The van der Waals surface area contributed by atoms with E-state index in [1.54, 1.807) is 25.2 Å². The quantitative estimate of drug-likeness (QED) is 0.695. The van der Waals surface area contributed by atoms with Gasteiger partial charge in [-0.2, -0.15) is 0 Å². The zero-order valence-electron chi connectivity index (χ0n) is 17.3. The number of piperidine rings is 1. The number of amides is 1. The van der Waals surface area contributed by atoms with Gasteiger partial charge < -0.3 is 19.9 Å². The van der Waals surface area contributed by atoms with Gasteiger partial charge in [0.15, 0.2) is 0 Å². The van der Waals surface area contributed by atoms with Gasteiger partial charge in [-0.25, -0.2) is 4.98 Å². The minimum Gasteiger partial charge on any atom is -0.492 e. The SMILES string of the molecule is CN(C)C(=O)c1ccc(-c2c[nH]c3nccc(OCC4(C)CCNCC4)c23)cc1. The summed E-state index contributed by atoms with van der Waals surface area (Å²) in [6.07, 6.45) is 5.96. The van der Waals surface area contributed by atoms with Crippen LogP contribution in [0.2, 0.25) is 0 Å². The highest BCUT2D eigenvalue weighted by molar-refractivity contribution is 5.99. The normalized spacial score (nSPS) is 16.0. The number of pyridine rings is 1. The molecule has 0 atom stereocenters. The molecule has 3 aromatic rings. The molecule has 2 aromatic heterocycles. The number of carbonyl (C=O) groups excluding carboxylic acids is 1. The minimum absolute atomic E-state index is 0.00335. The van der Waals surface area contributed by atoms with Crippen molar-refractivity contribution in [1.82, 2.24) is 20.2 Å². The van der Waals surface area contributed by atoms with Crippen molar-refractivity contribution in [2.75, 3.05) is 33.8 Å². The minimum atomic E-state index is -0.00335. The molecule has 1 aliphatic heterocycles. The van der Waals surface area contributed by atoms with Crippen LogP contribution in [0, 0.1) is 5.41 Å². The summed E-state index contributed by atoms with van der Waals surface area (Å²) in [5.74, 6) is 0.843. The van der Waals surface area contributed by atoms with Gasteiger partial charge in [0.05, 0.1) is 12.0 Å². The number of hydrogen-bond donors (Lipinski definition) is 2. The molecule has 0 aliphatic carbocycles. The number of benzene rings is 1. The van der Waals surface area contributed by atoms with Gasteiger partial charge in [0, 0.05) is 43.0 Å². The van der Waals surface area contributed by atoms with E-state index >= 15 is 0 Å². The van der Waals surface area contributed by atoms with Gasteiger partial charge in [0.1, 0.15) is 11.4 Å². The third kappa shape index (κ3) is 3.98. The van der Waals surface area contributed by atoms with Crippen molar-refractivity contribution in [2.45, 2.75) is 19.8 Å². The maximum atomic E-state index is 12.2. The molecule has 1 saturated heterocycles. The molecule has 152 valence electrons. The fourth-order valence-corrected chi connectivity index (χ4v) is 3.85. The van der Waals surface area contributed by atoms with Crippen LogP contribution in [0.4, 0.5) is 0 Å². The van der Waals surface area contributed by atoms with Crippen molar-refractivity contribution in [3.63, 3.8) is 0 Å². The molecule has 0 saturated carbocycles. The number of nitrogens with one attached hydrogen (secondary N) is 2. The van der Waals surface area contributed by atoms with E-state index in [-0.39, 0.29) is 11.3 Å². The summed E-state index contributed by atoms with van der Waals surface area (Å²) in [4.78, 5) is 21.5. The molecule has 2 N–H and O–H groups in total. The second-order valence-electron chi connectivity index (χ2n) is 8.36. The number of nitrogens with zero attached hydrogens (tertiary/aromatic N) is 2. The average Bonchev–Trinajstić information content (AvgIpc) is 3.17. The van der Waals surface area contributed by atoms with Gasteiger partial charge in [0.25, 0.3) is 5.91 Å². The molecule has 1 aromatic carbocycles. The lowest BCUT2D eigenvalue weighted by Crippen LogP contribution is -2.38. The Hall–Kier alpha value is -2.86. The molecule has 0 radical (unpaired) electrons. The average molecular weight is 393 g/mol. The maximum absolute atomic E-state index is 12.2. The van der Waals surface area contributed by atoms with Gasteiger partial charge in [-0.3, -0.25) is 4.79 Å². The van der Waals surface area contributed by atoms with E-state index in [2.05, 4.69) is 22.2 Å². The Kier molecular flexibility index (Phi) is 5.28. The Morgan fingerprint density at radius 3 is 2.59 bits per heavy atom. The van der Waals surface area contributed by atoms with Crippen LogP contribution in [-0.2, 0) is 0 Å². The van der Waals surface area contributed by atoms with E-state index in [4.69, 9.17) is 4.74 Å². The molecule has 1 amide bonds. The largest absolute Gasteiger partial charge is 0.492 e. The third-order valence-electron chi connectivity index (χ3n) is 5.77. The molecule has 1 aliphatic rings. The first-order valence-electron chi connectivity index (χ1n) is 10.1. The van der Waals surface area contributed by atoms with Crippen LogP contribution in [0.15, 0.2) is 42.7 Å². The molecular formula is C23H28N4O2. The number of H-pyrrole nitrogens is 1. The summed E-state index contributed by atoms with van der Waals surface area (Å²) in [5.41, 5.74) is 3.72. The number of aromatic nitrogens is 2. The van der Waals surface area contributed by atoms with Crippen LogP contribution < -0.4 is 10.1 Å². The van der Waals surface area contributed by atoms with E-state index in [1.165, 1.54) is 0 Å². The van der Waals surface area contributed by atoms with Gasteiger partial charge in [0.2, 0.25) is 0 Å². The fraction of sp³-hybridized carbons (Fsp3) is 0.391. The standard InChI is InChI=1S/C23H28N4O2/c1-23(9-12-24-13-10-23)15-29-19-8-11-25-21-20(19)18(14-26-21)16-4-6-17(7-5-16)22(28)27(2)3/h4-8,11,14,24H,9-10,12-13,15H2,1-3H3,(H,25,26). The maximum Gasteiger partial charge on any atom is 0.253 e. The zero-order chi connectivity index (χ0) is 20.4. The van der Waals surface area contributed by atoms with E-state index in [1.807, 2.05) is 36.5 Å². The summed E-state index contributed by atoms with van der Waals surface area (Å²) >= 11 is 0. The Morgan fingerprint density at radius 2 is 1.90 bits per heavy atom. The summed E-state index contributed by atoms with van der Waals surface area (Å²) in [6.45, 7) is 5.07. The van der Waals surface area contributed by atoms with Crippen molar-refractivity contribution in [3.8, 4) is 16.9 Å². The lowest BCUT2D eigenvalue weighted by Gasteiger charge is -2.33. The first-order chi connectivity index (χ1) is 14.0. The number of aromatic amines is 1. The molecule has 0 bridgehead atoms. The highest BCUT2D eigenvalue weighted by Gasteiger charge is 2.28. The highest BCUT2D eigenvalue weighted by atomic mass is 16.5. The Balaban J connectivity index is 1.63. The van der Waals surface area contributed by atoms with Gasteiger partial charge in [-0.15, -0.1) is 0 Å². The van der Waals surface area contributed by atoms with Crippen LogP contribution in [0.1, 0.15) is 30.1 Å². The number of fused-ring (bicyclic) bond motifs is 1. The van der Waals surface area contributed by atoms with E-state index in [9.17, 15) is 4.79 Å². The van der Waals surface area contributed by atoms with Crippen LogP contribution in [-0.4, -0.2) is 54.6 Å². The Bertz CT molecular complexity index is 1000. The van der Waals surface area contributed by atoms with Crippen LogP contribution >= 0.6 is 0 Å². The Morgan fingerprint density at radius 1 is 1.17 bits per heavy atom. The fourth-order valence-electron chi connectivity index (χ4n) is 3.85. The first kappa shape index (κ1) is 19.5. The zero-order valence-corrected chi connectivity index (χ0v) is 17.3. The second-order valence-corrected chi connectivity index (χ2v) is 8.36. The van der Waals surface area contributed by atoms with Crippen molar-refractivity contribution >= 4 is 16.9 Å². The molecule has 6 nitrogen and oxygen atoms in total. The van der Waals surface area contributed by atoms with Crippen LogP contribution in [0.25, 0.3) is 22.2 Å². The molecule has 3 heterocycles. The smallest absolute Gasteiger partial charge is 0.253 e. The summed E-state index contributed by atoms with van der Waals surface area (Å²) in [6, 6.07) is 9.62. The summed E-state index contributed by atoms with van der Waals surface area (Å²) in [7, 11) is 3.52. The molecular weight excluding hydrogens is 364 g/mol. The molecule has 6 heteroatoms. The lowest BCUT2D eigenvalue weighted by molar-refractivity contribution is 0.0827. The monoisotopic (exact) mass is 392 g/mol. The van der Waals surface area contributed by atoms with Crippen molar-refractivity contribution in [2.24, 2.45) is 5.41 Å². The molecule has 4 rings (SSSR count). The summed E-state index contributed by atoms with van der Waals surface area (Å²) in [5, 5.41) is 4.40. The molecule has 1 fully saturated rings. The predicted octanol–water partition coefficient (Wildman–Crippen LogP) is 3.70. The van der Waals surface area contributed by atoms with Crippen LogP contribution in [0.3, 0.4) is 0 Å². The number of carbonyl (C=O) groups is 1. The molecule has 29 heavy (non-hydrogen) atoms. The van der Waals surface area contributed by atoms with Gasteiger partial charge in [-0.1, -0.05) is 19.1 Å². The van der Waals surface area contributed by atoms with E-state index < -0.39 is 0 Å². The lowest BCUT2D eigenvalue weighted by atomic mass is 9.82. The third-order valence-corrected chi connectivity index (χ3v) is 5.77. The van der Waals surface area contributed by atoms with Gasteiger partial charge in [-0.05, 0) is 49.7 Å². The summed E-state index contributed by atoms with van der Waals surface area (Å²) < 4.78 is 6.33. The number of hydrogen-bond acceptors (Lipinski definition) is 4. The van der Waals surface area contributed by atoms with E-state index in [0.29, 0.717) is 12.2 Å². The predicted molar refractivity (Wildman–Crippen MR) is 115 cm³/mol. The van der Waals surface area contributed by atoms with Crippen LogP contribution in [0.5, 0.6) is 5.75 Å². The van der Waals surface area contributed by atoms with Crippen molar-refractivity contribution in [1.29, 1.82) is 0 Å². The van der Waals surface area contributed by atoms with Gasteiger partial charge >= 0.3 is 0 Å². The van der Waals surface area contributed by atoms with E-state index in [0.717, 1.165) is 53.8 Å². The first-order valence-corrected chi connectivity index (χ1v) is 10.1.